The minimum Gasteiger partial charge on any atom is -0.504 e. The molecule has 0 aromatic heterocycles. The average Bonchev–Trinajstić information content (AvgIpc) is 2.89. The molecule has 0 aliphatic rings. The largest absolute Gasteiger partial charge is 0.504 e. The number of methoxy groups -OCH3 is 2. The van der Waals surface area contributed by atoms with Crippen LogP contribution in [-0.4, -0.2) is 53.1 Å². The monoisotopic (exact) mass is 494 g/mol. The maximum atomic E-state index is 13.1. The summed E-state index contributed by atoms with van der Waals surface area (Å²) in [6, 6.07) is 19.6. The normalized spacial score (nSPS) is 13.6. The molecule has 0 bridgehead atoms. The molecule has 0 heterocycles. The molecule has 7 heteroatoms. The van der Waals surface area contributed by atoms with Crippen LogP contribution in [0.1, 0.15) is 23.1 Å². The van der Waals surface area contributed by atoms with Crippen LogP contribution in [0.2, 0.25) is 0 Å². The van der Waals surface area contributed by atoms with Crippen molar-refractivity contribution in [2.75, 3.05) is 20.8 Å². The highest BCUT2D eigenvalue weighted by Gasteiger charge is 2.27. The van der Waals surface area contributed by atoms with Gasteiger partial charge in [0.25, 0.3) is 0 Å². The smallest absolute Gasteiger partial charge is 0.160 e. The maximum Gasteiger partial charge on any atom is 0.160 e. The van der Waals surface area contributed by atoms with Crippen molar-refractivity contribution in [2.24, 2.45) is 11.8 Å². The van der Waals surface area contributed by atoms with Gasteiger partial charge in [0.15, 0.2) is 23.0 Å². The van der Waals surface area contributed by atoms with Gasteiger partial charge in [-0.05, 0) is 66.1 Å². The first-order valence-corrected chi connectivity index (χ1v) is 11.9. The van der Waals surface area contributed by atoms with Crippen LogP contribution in [0.5, 0.6) is 23.0 Å². The van der Waals surface area contributed by atoms with Crippen LogP contribution in [0.15, 0.2) is 66.7 Å². The van der Waals surface area contributed by atoms with Gasteiger partial charge < -0.3 is 29.9 Å². The standard InChI is InChI=1S/C29H34O7/c1-35-28-15-20(8-10-24(28)31)13-22(12-19-6-4-3-5-7-19)26(33)17-27(34)23(18-30)14-21-9-11-25(32)29(16-21)36-2/h3-11,15-16,22-23,26,30-33H,12-14,17-18H2,1-2H3/t22-,23-,26+/m0/s1. The summed E-state index contributed by atoms with van der Waals surface area (Å²) in [5, 5.41) is 40.8. The Morgan fingerprint density at radius 1 is 0.778 bits per heavy atom. The van der Waals surface area contributed by atoms with E-state index in [1.54, 1.807) is 30.3 Å². The molecular weight excluding hydrogens is 460 g/mol. The van der Waals surface area contributed by atoms with E-state index in [0.717, 1.165) is 16.7 Å². The van der Waals surface area contributed by atoms with E-state index >= 15 is 0 Å². The van der Waals surface area contributed by atoms with E-state index in [-0.39, 0.29) is 42.6 Å². The van der Waals surface area contributed by atoms with Crippen LogP contribution in [-0.2, 0) is 24.1 Å². The molecule has 0 aliphatic heterocycles. The number of phenolic OH excluding ortho intramolecular Hbond substituents is 2. The van der Waals surface area contributed by atoms with Gasteiger partial charge in [-0.15, -0.1) is 0 Å². The number of aliphatic hydroxyl groups excluding tert-OH is 2. The summed E-state index contributed by atoms with van der Waals surface area (Å²) < 4.78 is 10.4. The Labute approximate surface area is 211 Å². The molecule has 0 saturated heterocycles. The van der Waals surface area contributed by atoms with Crippen molar-refractivity contribution in [3.05, 3.63) is 83.4 Å². The van der Waals surface area contributed by atoms with E-state index < -0.39 is 12.0 Å². The highest BCUT2D eigenvalue weighted by atomic mass is 16.5. The van der Waals surface area contributed by atoms with Gasteiger partial charge in [0.1, 0.15) is 5.78 Å². The van der Waals surface area contributed by atoms with Gasteiger partial charge in [-0.3, -0.25) is 4.79 Å². The molecule has 3 aromatic rings. The summed E-state index contributed by atoms with van der Waals surface area (Å²) in [5.41, 5.74) is 2.64. The van der Waals surface area contributed by atoms with Crippen LogP contribution < -0.4 is 9.47 Å². The first-order chi connectivity index (χ1) is 17.3. The molecule has 0 spiro atoms. The Balaban J connectivity index is 1.75. The lowest BCUT2D eigenvalue weighted by atomic mass is 9.83. The Hall–Kier alpha value is -3.55. The number of hydrogen-bond donors (Lipinski definition) is 4. The Morgan fingerprint density at radius 2 is 1.31 bits per heavy atom. The SMILES string of the molecule is COc1cc(C[C@@H](CO)C(=O)C[C@@H](O)[C@@H](Cc2ccccc2)Cc2ccc(O)c(OC)c2)ccc1O. The number of ether oxygens (including phenoxy) is 2. The van der Waals surface area contributed by atoms with E-state index in [4.69, 9.17) is 9.47 Å². The number of aliphatic hydroxyl groups is 2. The van der Waals surface area contributed by atoms with Gasteiger partial charge >= 0.3 is 0 Å². The van der Waals surface area contributed by atoms with Crippen molar-refractivity contribution in [3.8, 4) is 23.0 Å². The predicted molar refractivity (Wildman–Crippen MR) is 137 cm³/mol. The highest BCUT2D eigenvalue weighted by molar-refractivity contribution is 5.82. The number of carbonyl (C=O) groups excluding carboxylic acids is 1. The molecule has 3 aromatic carbocycles. The van der Waals surface area contributed by atoms with E-state index in [1.807, 2.05) is 30.3 Å². The molecule has 0 saturated carbocycles. The molecule has 192 valence electrons. The molecule has 0 radical (unpaired) electrons. The van der Waals surface area contributed by atoms with Gasteiger partial charge in [0, 0.05) is 12.3 Å². The number of carbonyl (C=O) groups is 1. The summed E-state index contributed by atoms with van der Waals surface area (Å²) in [7, 11) is 2.92. The number of Topliss-reactive ketones (excluding diaryl/α,β-unsaturated/α-hetero) is 1. The summed E-state index contributed by atoms with van der Waals surface area (Å²) in [6.07, 6.45) is 0.238. The van der Waals surface area contributed by atoms with E-state index in [2.05, 4.69) is 0 Å². The molecule has 3 rings (SSSR count). The zero-order valence-corrected chi connectivity index (χ0v) is 20.6. The lowest BCUT2D eigenvalue weighted by Gasteiger charge is -2.25. The topological polar surface area (TPSA) is 116 Å². The zero-order chi connectivity index (χ0) is 26.1. The van der Waals surface area contributed by atoms with Crippen LogP contribution >= 0.6 is 0 Å². The highest BCUT2D eigenvalue weighted by Crippen LogP contribution is 2.30. The van der Waals surface area contributed by atoms with Crippen molar-refractivity contribution >= 4 is 5.78 Å². The quantitative estimate of drug-likeness (QED) is 0.286. The van der Waals surface area contributed by atoms with Gasteiger partial charge in [-0.25, -0.2) is 0 Å². The second-order valence-corrected chi connectivity index (χ2v) is 8.99. The van der Waals surface area contributed by atoms with Gasteiger partial charge in [-0.1, -0.05) is 42.5 Å². The minimum atomic E-state index is -0.944. The predicted octanol–water partition coefficient (Wildman–Crippen LogP) is 3.69. The van der Waals surface area contributed by atoms with E-state index in [0.29, 0.717) is 24.3 Å². The number of hydrogen-bond acceptors (Lipinski definition) is 7. The first-order valence-electron chi connectivity index (χ1n) is 11.9. The lowest BCUT2D eigenvalue weighted by Crippen LogP contribution is -2.31. The second kappa shape index (κ2) is 13.0. The number of benzene rings is 3. The van der Waals surface area contributed by atoms with E-state index in [9.17, 15) is 25.2 Å². The second-order valence-electron chi connectivity index (χ2n) is 8.99. The average molecular weight is 495 g/mol. The Kier molecular flexibility index (Phi) is 9.73. The summed E-state index contributed by atoms with van der Waals surface area (Å²) in [5.74, 6) is -0.534. The van der Waals surface area contributed by atoms with Crippen molar-refractivity contribution in [2.45, 2.75) is 31.8 Å². The molecular formula is C29H34O7. The number of aromatic hydroxyl groups is 2. The minimum absolute atomic E-state index is 0.00170. The summed E-state index contributed by atoms with van der Waals surface area (Å²) in [4.78, 5) is 13.1. The van der Waals surface area contributed by atoms with Crippen molar-refractivity contribution in [1.82, 2.24) is 0 Å². The molecule has 3 atom stereocenters. The fourth-order valence-corrected chi connectivity index (χ4v) is 4.37. The van der Waals surface area contributed by atoms with Crippen LogP contribution in [0.4, 0.5) is 0 Å². The molecule has 4 N–H and O–H groups in total. The zero-order valence-electron chi connectivity index (χ0n) is 20.6. The third-order valence-corrected chi connectivity index (χ3v) is 6.44. The third-order valence-electron chi connectivity index (χ3n) is 6.44. The maximum absolute atomic E-state index is 13.1. The molecule has 0 fully saturated rings. The Bertz CT molecular complexity index is 1130. The fraction of sp³-hybridized carbons (Fsp3) is 0.345. The third kappa shape index (κ3) is 7.23. The van der Waals surface area contributed by atoms with Crippen molar-refractivity contribution in [1.29, 1.82) is 0 Å². The van der Waals surface area contributed by atoms with Gasteiger partial charge in [-0.2, -0.15) is 0 Å². The van der Waals surface area contributed by atoms with Gasteiger partial charge in [0.05, 0.1) is 26.9 Å². The van der Waals surface area contributed by atoms with Crippen molar-refractivity contribution in [3.63, 3.8) is 0 Å². The summed E-state index contributed by atoms with van der Waals surface area (Å²) >= 11 is 0. The van der Waals surface area contributed by atoms with Crippen LogP contribution in [0.25, 0.3) is 0 Å². The van der Waals surface area contributed by atoms with Crippen LogP contribution in [0, 0.1) is 11.8 Å². The van der Waals surface area contributed by atoms with Crippen molar-refractivity contribution < 1.29 is 34.7 Å². The van der Waals surface area contributed by atoms with E-state index in [1.165, 1.54) is 20.3 Å². The first kappa shape index (κ1) is 27.0. The molecule has 7 nitrogen and oxygen atoms in total. The number of rotatable bonds is 13. The molecule has 36 heavy (non-hydrogen) atoms. The molecule has 0 unspecified atom stereocenters. The lowest BCUT2D eigenvalue weighted by molar-refractivity contribution is -0.126. The van der Waals surface area contributed by atoms with Gasteiger partial charge in [0.2, 0.25) is 0 Å². The summed E-state index contributed by atoms with van der Waals surface area (Å²) in [6.45, 7) is -0.354. The molecule has 0 aliphatic carbocycles. The van der Waals surface area contributed by atoms with Crippen LogP contribution in [0.3, 0.4) is 0 Å². The Morgan fingerprint density at radius 3 is 1.83 bits per heavy atom. The number of ketones is 1. The molecule has 0 amide bonds. The number of phenols is 2. The fourth-order valence-electron chi connectivity index (χ4n) is 4.37.